The quantitative estimate of drug-likeness (QED) is 0.328. The van der Waals surface area contributed by atoms with E-state index in [2.05, 4.69) is 0 Å². The van der Waals surface area contributed by atoms with Gasteiger partial charge in [0.05, 0.1) is 29.1 Å². The molecule has 154 valence electrons. The van der Waals surface area contributed by atoms with Crippen molar-refractivity contribution in [1.29, 1.82) is 0 Å². The van der Waals surface area contributed by atoms with E-state index < -0.39 is 11.9 Å². The second kappa shape index (κ2) is 8.64. The van der Waals surface area contributed by atoms with Gasteiger partial charge in [0.25, 0.3) is 0 Å². The largest absolute Gasteiger partial charge is 0.478 e. The van der Waals surface area contributed by atoms with Crippen molar-refractivity contribution >= 4 is 11.9 Å². The van der Waals surface area contributed by atoms with Gasteiger partial charge in [0, 0.05) is 16.7 Å². The number of benzene rings is 3. The fraction of sp³-hybridized carbons (Fsp3) is 0.0417. The first kappa shape index (κ1) is 20.1. The monoisotopic (exact) mass is 413 g/mol. The summed E-state index contributed by atoms with van der Waals surface area (Å²) in [4.78, 5) is 23.4. The second-order valence-corrected chi connectivity index (χ2v) is 6.88. The molecule has 4 aromatic rings. The third kappa shape index (κ3) is 4.08. The van der Waals surface area contributed by atoms with Crippen LogP contribution in [0.3, 0.4) is 0 Å². The van der Waals surface area contributed by atoms with Crippen LogP contribution >= 0.6 is 0 Å². The lowest BCUT2D eigenvalue weighted by Crippen LogP contribution is -2.21. The molecule has 31 heavy (non-hydrogen) atoms. The van der Waals surface area contributed by atoms with Gasteiger partial charge >= 0.3 is 5.97 Å². The van der Waals surface area contributed by atoms with Crippen LogP contribution < -0.4 is 5.48 Å². The van der Waals surface area contributed by atoms with Crippen molar-refractivity contribution in [3.8, 4) is 28.2 Å². The highest BCUT2D eigenvalue weighted by Gasteiger charge is 2.23. The SMILES string of the molecule is O=C(Cc1c(-c2ccccc2)nn(-c2ccc(C(=O)O)cc2)c1-c1ccccc1)NO. The first-order valence-electron chi connectivity index (χ1n) is 9.58. The molecular formula is C24H19N3O4. The van der Waals surface area contributed by atoms with Crippen LogP contribution in [0.1, 0.15) is 15.9 Å². The molecule has 0 saturated carbocycles. The standard InChI is InChI=1S/C24H19N3O4/c28-21(26-31)15-20-22(16-7-3-1-4-8-16)25-27(23(20)17-9-5-2-6-10-17)19-13-11-18(12-14-19)24(29)30/h1-14,31H,15H2,(H,26,28)(H,29,30). The molecule has 1 amide bonds. The first-order chi connectivity index (χ1) is 15.1. The number of carbonyl (C=O) groups excluding carboxylic acids is 1. The van der Waals surface area contributed by atoms with Gasteiger partial charge < -0.3 is 5.11 Å². The molecular weight excluding hydrogens is 394 g/mol. The van der Waals surface area contributed by atoms with E-state index in [1.807, 2.05) is 60.7 Å². The summed E-state index contributed by atoms with van der Waals surface area (Å²) in [5.41, 5.74) is 6.10. The lowest BCUT2D eigenvalue weighted by molar-refractivity contribution is -0.128. The molecule has 7 nitrogen and oxygen atoms in total. The predicted octanol–water partition coefficient (Wildman–Crippen LogP) is 3.95. The first-order valence-corrected chi connectivity index (χ1v) is 9.58. The molecule has 0 aliphatic heterocycles. The van der Waals surface area contributed by atoms with E-state index in [1.54, 1.807) is 22.3 Å². The third-order valence-electron chi connectivity index (χ3n) is 4.90. The van der Waals surface area contributed by atoms with Gasteiger partial charge in [-0.3, -0.25) is 10.0 Å². The van der Waals surface area contributed by atoms with E-state index in [4.69, 9.17) is 10.3 Å². The predicted molar refractivity (Wildman–Crippen MR) is 115 cm³/mol. The fourth-order valence-electron chi connectivity index (χ4n) is 3.47. The van der Waals surface area contributed by atoms with Crippen LogP contribution in [-0.4, -0.2) is 32.0 Å². The number of carbonyl (C=O) groups is 2. The van der Waals surface area contributed by atoms with Crippen LogP contribution in [0.5, 0.6) is 0 Å². The van der Waals surface area contributed by atoms with Crippen molar-refractivity contribution in [1.82, 2.24) is 15.3 Å². The Morgan fingerprint density at radius 2 is 1.42 bits per heavy atom. The highest BCUT2D eigenvalue weighted by molar-refractivity contribution is 5.88. The number of carboxylic acid groups (broad SMARTS) is 1. The molecule has 3 N–H and O–H groups in total. The van der Waals surface area contributed by atoms with Gasteiger partial charge in [-0.2, -0.15) is 5.10 Å². The molecule has 0 spiro atoms. The van der Waals surface area contributed by atoms with Crippen LogP contribution in [0.4, 0.5) is 0 Å². The molecule has 1 aromatic heterocycles. The molecule has 1 heterocycles. The van der Waals surface area contributed by atoms with Gasteiger partial charge in [0.15, 0.2) is 0 Å². The minimum atomic E-state index is -1.01. The number of rotatable bonds is 6. The molecule has 3 aromatic carbocycles. The average molecular weight is 413 g/mol. The average Bonchev–Trinajstić information content (AvgIpc) is 3.19. The highest BCUT2D eigenvalue weighted by atomic mass is 16.5. The van der Waals surface area contributed by atoms with Crippen LogP contribution in [0, 0.1) is 0 Å². The van der Waals surface area contributed by atoms with Gasteiger partial charge in [-0.05, 0) is 24.3 Å². The lowest BCUT2D eigenvalue weighted by atomic mass is 9.99. The number of nitrogens with zero attached hydrogens (tertiary/aromatic N) is 2. The van der Waals surface area contributed by atoms with E-state index in [-0.39, 0.29) is 12.0 Å². The van der Waals surface area contributed by atoms with Gasteiger partial charge in [0.2, 0.25) is 5.91 Å². The minimum Gasteiger partial charge on any atom is -0.478 e. The number of hydrogen-bond donors (Lipinski definition) is 3. The zero-order valence-electron chi connectivity index (χ0n) is 16.4. The Balaban J connectivity index is 1.99. The Labute approximate surface area is 178 Å². The molecule has 7 heteroatoms. The Morgan fingerprint density at radius 1 is 0.839 bits per heavy atom. The number of hydroxylamine groups is 1. The summed E-state index contributed by atoms with van der Waals surface area (Å²) in [7, 11) is 0. The highest BCUT2D eigenvalue weighted by Crippen LogP contribution is 2.34. The number of amides is 1. The number of carboxylic acids is 1. The van der Waals surface area contributed by atoms with E-state index in [0.717, 1.165) is 11.1 Å². The summed E-state index contributed by atoms with van der Waals surface area (Å²) in [6, 6.07) is 25.3. The molecule has 0 saturated heterocycles. The molecule has 0 atom stereocenters. The molecule has 0 bridgehead atoms. The maximum absolute atomic E-state index is 12.2. The zero-order chi connectivity index (χ0) is 21.8. The van der Waals surface area contributed by atoms with Crippen molar-refractivity contribution in [2.45, 2.75) is 6.42 Å². The van der Waals surface area contributed by atoms with E-state index in [9.17, 15) is 14.7 Å². The van der Waals surface area contributed by atoms with E-state index in [0.29, 0.717) is 22.6 Å². The fourth-order valence-corrected chi connectivity index (χ4v) is 3.47. The Kier molecular flexibility index (Phi) is 5.59. The summed E-state index contributed by atoms with van der Waals surface area (Å²) in [5, 5.41) is 23.2. The van der Waals surface area contributed by atoms with Crippen LogP contribution in [0.2, 0.25) is 0 Å². The van der Waals surface area contributed by atoms with Crippen LogP contribution in [0.25, 0.3) is 28.2 Å². The number of nitrogens with one attached hydrogen (secondary N) is 1. The molecule has 0 radical (unpaired) electrons. The smallest absolute Gasteiger partial charge is 0.335 e. The van der Waals surface area contributed by atoms with Crippen molar-refractivity contribution in [3.63, 3.8) is 0 Å². The molecule has 0 unspecified atom stereocenters. The Morgan fingerprint density at radius 3 is 1.97 bits per heavy atom. The molecule has 0 fully saturated rings. The number of hydrogen-bond acceptors (Lipinski definition) is 4. The maximum Gasteiger partial charge on any atom is 0.335 e. The van der Waals surface area contributed by atoms with Crippen LogP contribution in [-0.2, 0) is 11.2 Å². The Hall–Kier alpha value is -4.23. The zero-order valence-corrected chi connectivity index (χ0v) is 16.4. The number of aromatic nitrogens is 2. The maximum atomic E-state index is 12.2. The molecule has 0 aliphatic rings. The summed E-state index contributed by atoms with van der Waals surface area (Å²) in [5.74, 6) is -1.57. The van der Waals surface area contributed by atoms with Gasteiger partial charge in [-0.15, -0.1) is 0 Å². The number of aromatic carboxylic acids is 1. The van der Waals surface area contributed by atoms with Gasteiger partial charge in [-0.25, -0.2) is 15.0 Å². The topological polar surface area (TPSA) is 104 Å². The summed E-state index contributed by atoms with van der Waals surface area (Å²) in [6.07, 6.45) is -0.0852. The van der Waals surface area contributed by atoms with E-state index >= 15 is 0 Å². The Bertz CT molecular complexity index is 1220. The van der Waals surface area contributed by atoms with Crippen LogP contribution in [0.15, 0.2) is 84.9 Å². The van der Waals surface area contributed by atoms with E-state index in [1.165, 1.54) is 12.1 Å². The van der Waals surface area contributed by atoms with Gasteiger partial charge in [-0.1, -0.05) is 60.7 Å². The minimum absolute atomic E-state index is 0.0852. The van der Waals surface area contributed by atoms with Crippen molar-refractivity contribution < 1.29 is 19.9 Å². The summed E-state index contributed by atoms with van der Waals surface area (Å²) >= 11 is 0. The second-order valence-electron chi connectivity index (χ2n) is 6.88. The third-order valence-corrected chi connectivity index (χ3v) is 4.90. The normalized spacial score (nSPS) is 10.6. The molecule has 0 aliphatic carbocycles. The van der Waals surface area contributed by atoms with Gasteiger partial charge in [0.1, 0.15) is 0 Å². The van der Waals surface area contributed by atoms with Crippen molar-refractivity contribution in [2.75, 3.05) is 0 Å². The lowest BCUT2D eigenvalue weighted by Gasteiger charge is -2.10. The van der Waals surface area contributed by atoms with Crippen molar-refractivity contribution in [3.05, 3.63) is 96.1 Å². The summed E-state index contributed by atoms with van der Waals surface area (Å²) in [6.45, 7) is 0. The molecule has 4 rings (SSSR count). The summed E-state index contributed by atoms with van der Waals surface area (Å²) < 4.78 is 1.70. The van der Waals surface area contributed by atoms with Crippen molar-refractivity contribution in [2.24, 2.45) is 0 Å².